The zero-order valence-electron chi connectivity index (χ0n) is 11.2. The zero-order valence-corrected chi connectivity index (χ0v) is 11.2. The molecule has 0 aliphatic carbocycles. The highest BCUT2D eigenvalue weighted by Crippen LogP contribution is 2.13. The molecule has 1 atom stereocenters. The average molecular weight is 259 g/mol. The number of hydrogen-bond donors (Lipinski definition) is 0. The van der Waals surface area contributed by atoms with E-state index in [9.17, 15) is 4.39 Å². The highest BCUT2D eigenvalue weighted by molar-refractivity contribution is 5.77. The number of para-hydroxylation sites is 1. The van der Waals surface area contributed by atoms with Crippen LogP contribution < -0.4 is 0 Å². The highest BCUT2D eigenvalue weighted by atomic mass is 19.1. The SMILES string of the molecule is CCN1C=CN(C)C1F.c1ccc2ncccc2c1. The molecule has 0 amide bonds. The van der Waals surface area contributed by atoms with Gasteiger partial charge in [-0.25, -0.2) is 0 Å². The summed E-state index contributed by atoms with van der Waals surface area (Å²) in [6, 6.07) is 12.1. The summed E-state index contributed by atoms with van der Waals surface area (Å²) in [5.41, 5.74) is 1.06. The summed E-state index contributed by atoms with van der Waals surface area (Å²) in [6.45, 7) is 2.65. The lowest BCUT2D eigenvalue weighted by Crippen LogP contribution is -2.31. The Balaban J connectivity index is 0.000000141. The summed E-state index contributed by atoms with van der Waals surface area (Å²) in [7, 11) is 1.72. The lowest BCUT2D eigenvalue weighted by atomic mass is 10.2. The predicted molar refractivity (Wildman–Crippen MR) is 75.9 cm³/mol. The minimum atomic E-state index is -0.949. The van der Waals surface area contributed by atoms with Crippen LogP contribution in [-0.4, -0.2) is 34.8 Å². The molecular formula is C15H18FN3. The van der Waals surface area contributed by atoms with Crippen molar-refractivity contribution < 1.29 is 4.39 Å². The van der Waals surface area contributed by atoms with E-state index in [1.165, 1.54) is 10.3 Å². The Morgan fingerprint density at radius 3 is 2.47 bits per heavy atom. The van der Waals surface area contributed by atoms with E-state index in [2.05, 4.69) is 17.1 Å². The van der Waals surface area contributed by atoms with E-state index in [1.807, 2.05) is 37.4 Å². The van der Waals surface area contributed by atoms with E-state index >= 15 is 0 Å². The molecule has 19 heavy (non-hydrogen) atoms. The summed E-state index contributed by atoms with van der Waals surface area (Å²) in [4.78, 5) is 7.34. The molecule has 2 aromatic rings. The predicted octanol–water partition coefficient (Wildman–Crippen LogP) is 3.21. The summed E-state index contributed by atoms with van der Waals surface area (Å²) in [5, 5.41) is 1.20. The molecular weight excluding hydrogens is 241 g/mol. The molecule has 0 fully saturated rings. The van der Waals surface area contributed by atoms with E-state index < -0.39 is 6.42 Å². The van der Waals surface area contributed by atoms with Crippen molar-refractivity contribution in [3.63, 3.8) is 0 Å². The first-order valence-corrected chi connectivity index (χ1v) is 6.32. The van der Waals surface area contributed by atoms with Crippen LogP contribution >= 0.6 is 0 Å². The largest absolute Gasteiger partial charge is 0.333 e. The number of nitrogens with zero attached hydrogens (tertiary/aromatic N) is 3. The van der Waals surface area contributed by atoms with Crippen LogP contribution in [0.15, 0.2) is 55.0 Å². The van der Waals surface area contributed by atoms with Gasteiger partial charge in [-0.2, -0.15) is 4.39 Å². The Hall–Kier alpha value is -2.10. The second-order valence-electron chi connectivity index (χ2n) is 4.30. The van der Waals surface area contributed by atoms with Crippen molar-refractivity contribution in [1.82, 2.24) is 14.8 Å². The van der Waals surface area contributed by atoms with Gasteiger partial charge < -0.3 is 9.80 Å². The summed E-state index contributed by atoms with van der Waals surface area (Å²) in [5.74, 6) is 0. The first-order chi connectivity index (χ1) is 9.22. The molecule has 1 aliphatic rings. The lowest BCUT2D eigenvalue weighted by Gasteiger charge is -2.21. The molecule has 1 aromatic heterocycles. The Bertz CT molecular complexity index is 490. The molecule has 0 radical (unpaired) electrons. The first-order valence-electron chi connectivity index (χ1n) is 6.32. The van der Waals surface area contributed by atoms with Gasteiger partial charge in [0.05, 0.1) is 5.52 Å². The van der Waals surface area contributed by atoms with Crippen LogP contribution in [0, 0.1) is 0 Å². The summed E-state index contributed by atoms with van der Waals surface area (Å²) in [6.07, 6.45) is 4.34. The van der Waals surface area contributed by atoms with Gasteiger partial charge >= 0.3 is 0 Å². The maximum absolute atomic E-state index is 12.8. The van der Waals surface area contributed by atoms with Crippen LogP contribution in [-0.2, 0) is 0 Å². The third kappa shape index (κ3) is 3.22. The Kier molecular flexibility index (Phi) is 4.34. The summed E-state index contributed by atoms with van der Waals surface area (Å²) >= 11 is 0. The molecule has 1 unspecified atom stereocenters. The maximum Gasteiger partial charge on any atom is 0.248 e. The monoisotopic (exact) mass is 259 g/mol. The number of aromatic nitrogens is 1. The number of hydrogen-bond acceptors (Lipinski definition) is 3. The third-order valence-electron chi connectivity index (χ3n) is 2.98. The molecule has 1 aromatic carbocycles. The van der Waals surface area contributed by atoms with Crippen molar-refractivity contribution in [3.05, 3.63) is 55.0 Å². The van der Waals surface area contributed by atoms with Gasteiger partial charge in [-0.1, -0.05) is 24.3 Å². The standard InChI is InChI=1S/C9H7N.C6H11FN2/c1-2-6-9-8(4-1)5-3-7-10-9;1-3-9-5-4-8(2)6(9)7/h1-7H;4-6H,3H2,1-2H3. The minimum absolute atomic E-state index is 0.724. The van der Waals surface area contributed by atoms with Crippen molar-refractivity contribution in [2.45, 2.75) is 13.3 Å². The molecule has 4 heteroatoms. The lowest BCUT2D eigenvalue weighted by molar-refractivity contribution is 0.0483. The molecule has 3 nitrogen and oxygen atoms in total. The Labute approximate surface area is 113 Å². The van der Waals surface area contributed by atoms with Crippen molar-refractivity contribution in [1.29, 1.82) is 0 Å². The average Bonchev–Trinajstić information content (AvgIpc) is 2.79. The van der Waals surface area contributed by atoms with Crippen LogP contribution in [0.4, 0.5) is 4.39 Å². The van der Waals surface area contributed by atoms with E-state index in [0.29, 0.717) is 0 Å². The van der Waals surface area contributed by atoms with Crippen molar-refractivity contribution in [2.75, 3.05) is 13.6 Å². The summed E-state index contributed by atoms with van der Waals surface area (Å²) < 4.78 is 12.8. The van der Waals surface area contributed by atoms with Crippen LogP contribution in [0.5, 0.6) is 0 Å². The topological polar surface area (TPSA) is 19.4 Å². The number of halogens is 1. The van der Waals surface area contributed by atoms with E-state index in [-0.39, 0.29) is 0 Å². The molecule has 0 spiro atoms. The highest BCUT2D eigenvalue weighted by Gasteiger charge is 2.19. The van der Waals surface area contributed by atoms with Gasteiger partial charge in [0, 0.05) is 37.6 Å². The molecule has 100 valence electrons. The van der Waals surface area contributed by atoms with Crippen molar-refractivity contribution in [3.8, 4) is 0 Å². The number of rotatable bonds is 1. The van der Waals surface area contributed by atoms with Gasteiger partial charge in [0.1, 0.15) is 0 Å². The van der Waals surface area contributed by atoms with E-state index in [0.717, 1.165) is 12.1 Å². The quantitative estimate of drug-likeness (QED) is 0.733. The van der Waals surface area contributed by atoms with Crippen LogP contribution in [0.3, 0.4) is 0 Å². The van der Waals surface area contributed by atoms with Crippen molar-refractivity contribution >= 4 is 10.9 Å². The van der Waals surface area contributed by atoms with E-state index in [1.54, 1.807) is 24.3 Å². The van der Waals surface area contributed by atoms with Gasteiger partial charge in [0.15, 0.2) is 0 Å². The smallest absolute Gasteiger partial charge is 0.248 e. The zero-order chi connectivity index (χ0) is 13.7. The minimum Gasteiger partial charge on any atom is -0.333 e. The third-order valence-corrected chi connectivity index (χ3v) is 2.98. The number of alkyl halides is 1. The number of fused-ring (bicyclic) bond motifs is 1. The first kappa shape index (κ1) is 13.3. The van der Waals surface area contributed by atoms with Crippen LogP contribution in [0.2, 0.25) is 0 Å². The Morgan fingerprint density at radius 1 is 1.16 bits per heavy atom. The molecule has 0 saturated heterocycles. The Morgan fingerprint density at radius 2 is 1.89 bits per heavy atom. The van der Waals surface area contributed by atoms with Crippen molar-refractivity contribution in [2.24, 2.45) is 0 Å². The fraction of sp³-hybridized carbons (Fsp3) is 0.267. The number of pyridine rings is 1. The van der Waals surface area contributed by atoms with Gasteiger partial charge in [-0.05, 0) is 19.1 Å². The van der Waals surface area contributed by atoms with Gasteiger partial charge in [0.2, 0.25) is 6.42 Å². The molecule has 0 bridgehead atoms. The van der Waals surface area contributed by atoms with Gasteiger partial charge in [0.25, 0.3) is 0 Å². The van der Waals surface area contributed by atoms with Gasteiger partial charge in [-0.15, -0.1) is 0 Å². The molecule has 1 aliphatic heterocycles. The van der Waals surface area contributed by atoms with Crippen LogP contribution in [0.25, 0.3) is 10.9 Å². The van der Waals surface area contributed by atoms with Crippen LogP contribution in [0.1, 0.15) is 6.92 Å². The molecule has 0 saturated carbocycles. The maximum atomic E-state index is 12.8. The molecule has 3 rings (SSSR count). The fourth-order valence-electron chi connectivity index (χ4n) is 1.84. The second-order valence-corrected chi connectivity index (χ2v) is 4.30. The second kappa shape index (κ2) is 6.18. The van der Waals surface area contributed by atoms with E-state index in [4.69, 9.17) is 0 Å². The number of benzene rings is 1. The van der Waals surface area contributed by atoms with Gasteiger partial charge in [-0.3, -0.25) is 4.98 Å². The molecule has 2 heterocycles. The molecule has 0 N–H and O–H groups in total. The fourth-order valence-corrected chi connectivity index (χ4v) is 1.84. The normalized spacial score (nSPS) is 17.5.